The summed E-state index contributed by atoms with van der Waals surface area (Å²) in [6.07, 6.45) is 1.47. The van der Waals surface area contributed by atoms with Crippen molar-refractivity contribution in [2.75, 3.05) is 18.0 Å². The summed E-state index contributed by atoms with van der Waals surface area (Å²) in [7, 11) is 0. The molecule has 8 heteroatoms. The molecule has 164 valence electrons. The Hall–Kier alpha value is -2.31. The van der Waals surface area contributed by atoms with E-state index >= 15 is 0 Å². The predicted molar refractivity (Wildman–Crippen MR) is 124 cm³/mol. The molecule has 3 aromatic rings. The summed E-state index contributed by atoms with van der Waals surface area (Å²) < 4.78 is 1.84. The van der Waals surface area contributed by atoms with Gasteiger partial charge in [-0.25, -0.2) is 4.98 Å². The zero-order valence-electron chi connectivity index (χ0n) is 18.1. The van der Waals surface area contributed by atoms with Gasteiger partial charge in [-0.2, -0.15) is 9.61 Å². The van der Waals surface area contributed by atoms with Crippen LogP contribution in [0.3, 0.4) is 0 Å². The number of hydrogen-bond acceptors (Lipinski definition) is 4. The number of carboxylic acids is 1. The average molecular weight is 461 g/mol. The lowest BCUT2D eigenvalue weighted by molar-refractivity contribution is -0.148. The van der Waals surface area contributed by atoms with Crippen molar-refractivity contribution in [2.45, 2.75) is 46.5 Å². The van der Waals surface area contributed by atoms with Crippen molar-refractivity contribution >= 4 is 40.6 Å². The molecule has 1 fully saturated rings. The lowest BCUT2D eigenvalue weighted by atomic mass is 9.81. The zero-order chi connectivity index (χ0) is 22.5. The van der Waals surface area contributed by atoms with E-state index in [9.17, 15) is 9.90 Å². The first-order valence-electron chi connectivity index (χ1n) is 10.4. The first-order chi connectivity index (χ1) is 14.6. The van der Waals surface area contributed by atoms with Crippen LogP contribution in [0.15, 0.2) is 24.3 Å². The Bertz CT molecular complexity index is 1170. The first kappa shape index (κ1) is 21.9. The summed E-state index contributed by atoms with van der Waals surface area (Å²) in [6, 6.07) is 7.25. The minimum absolute atomic E-state index is 0.205. The standard InChI is InChI=1S/C23H26Cl2N4O2/c1-13(2)20-14(3)26-19-11-18(16-7-6-15(24)10-17(16)25)27-29(19)21(20)28-9-5-8-23(4,12-28)22(30)31/h6-7,10-11,13H,5,8-9,12H2,1-4H3,(H,30,31)/t23-/m0/s1. The van der Waals surface area contributed by atoms with Gasteiger partial charge in [0.15, 0.2) is 5.65 Å². The van der Waals surface area contributed by atoms with E-state index in [2.05, 4.69) is 18.7 Å². The van der Waals surface area contributed by atoms with Gasteiger partial charge in [0.25, 0.3) is 0 Å². The van der Waals surface area contributed by atoms with Crippen LogP contribution in [-0.2, 0) is 4.79 Å². The monoisotopic (exact) mass is 460 g/mol. The number of aryl methyl sites for hydroxylation is 1. The van der Waals surface area contributed by atoms with Crippen LogP contribution >= 0.6 is 23.2 Å². The Balaban J connectivity index is 1.93. The lowest BCUT2D eigenvalue weighted by Crippen LogP contribution is -2.47. The maximum atomic E-state index is 12.0. The molecule has 0 bridgehead atoms. The minimum Gasteiger partial charge on any atom is -0.481 e. The van der Waals surface area contributed by atoms with E-state index in [4.69, 9.17) is 33.3 Å². The summed E-state index contributed by atoms with van der Waals surface area (Å²) in [6.45, 7) is 9.28. The van der Waals surface area contributed by atoms with E-state index in [0.717, 1.165) is 35.6 Å². The van der Waals surface area contributed by atoms with Crippen molar-refractivity contribution in [3.8, 4) is 11.3 Å². The molecule has 0 amide bonds. The molecule has 3 heterocycles. The number of halogens is 2. The Labute approximate surface area is 191 Å². The number of nitrogens with zero attached hydrogens (tertiary/aromatic N) is 4. The first-order valence-corrected chi connectivity index (χ1v) is 11.2. The fraction of sp³-hybridized carbons (Fsp3) is 0.435. The van der Waals surface area contributed by atoms with Gasteiger partial charge in [-0.15, -0.1) is 0 Å². The van der Waals surface area contributed by atoms with Crippen LogP contribution < -0.4 is 4.90 Å². The molecule has 0 aliphatic carbocycles. The highest BCUT2D eigenvalue weighted by Gasteiger charge is 2.39. The van der Waals surface area contributed by atoms with Gasteiger partial charge in [0, 0.05) is 41.0 Å². The number of aliphatic carboxylic acids is 1. The molecule has 1 N–H and O–H groups in total. The van der Waals surface area contributed by atoms with Crippen LogP contribution in [0.5, 0.6) is 0 Å². The van der Waals surface area contributed by atoms with Crippen molar-refractivity contribution in [1.82, 2.24) is 14.6 Å². The summed E-state index contributed by atoms with van der Waals surface area (Å²) in [5.41, 5.74) is 3.40. The molecule has 0 unspecified atom stereocenters. The highest BCUT2D eigenvalue weighted by atomic mass is 35.5. The van der Waals surface area contributed by atoms with Crippen LogP contribution in [-0.4, -0.2) is 38.8 Å². The number of carboxylic acid groups (broad SMARTS) is 1. The molecule has 2 aromatic heterocycles. The number of anilines is 1. The number of aromatic nitrogens is 3. The second-order valence-electron chi connectivity index (χ2n) is 8.90. The molecule has 6 nitrogen and oxygen atoms in total. The Morgan fingerprint density at radius 2 is 2.00 bits per heavy atom. The van der Waals surface area contributed by atoms with Gasteiger partial charge < -0.3 is 10.0 Å². The molecule has 1 aliphatic rings. The number of benzene rings is 1. The number of carbonyl (C=O) groups is 1. The smallest absolute Gasteiger partial charge is 0.311 e. The fourth-order valence-corrected chi connectivity index (χ4v) is 5.02. The maximum absolute atomic E-state index is 12.0. The molecule has 1 aromatic carbocycles. The van der Waals surface area contributed by atoms with Crippen LogP contribution in [0, 0.1) is 12.3 Å². The van der Waals surface area contributed by atoms with Crippen molar-refractivity contribution in [2.24, 2.45) is 5.41 Å². The van der Waals surface area contributed by atoms with Crippen molar-refractivity contribution in [1.29, 1.82) is 0 Å². The summed E-state index contributed by atoms with van der Waals surface area (Å²) in [5.74, 6) is 0.358. The van der Waals surface area contributed by atoms with Crippen molar-refractivity contribution in [3.05, 3.63) is 45.6 Å². The quantitative estimate of drug-likeness (QED) is 0.530. The van der Waals surface area contributed by atoms with E-state index < -0.39 is 11.4 Å². The van der Waals surface area contributed by atoms with Gasteiger partial charge in [0.1, 0.15) is 5.82 Å². The second kappa shape index (κ2) is 7.99. The Kier molecular flexibility index (Phi) is 5.64. The van der Waals surface area contributed by atoms with Gasteiger partial charge in [-0.1, -0.05) is 37.0 Å². The van der Waals surface area contributed by atoms with Gasteiger partial charge >= 0.3 is 5.97 Å². The molecule has 0 saturated carbocycles. The van der Waals surface area contributed by atoms with E-state index in [1.54, 1.807) is 12.1 Å². The third-order valence-corrected chi connectivity index (χ3v) is 6.65. The molecule has 0 spiro atoms. The fourth-order valence-electron chi connectivity index (χ4n) is 4.52. The summed E-state index contributed by atoms with van der Waals surface area (Å²) in [4.78, 5) is 18.9. The number of hydrogen-bond donors (Lipinski definition) is 1. The van der Waals surface area contributed by atoms with Crippen LogP contribution in [0.4, 0.5) is 5.82 Å². The summed E-state index contributed by atoms with van der Waals surface area (Å²) >= 11 is 12.5. The largest absolute Gasteiger partial charge is 0.481 e. The zero-order valence-corrected chi connectivity index (χ0v) is 19.6. The second-order valence-corrected chi connectivity index (χ2v) is 9.75. The minimum atomic E-state index is -0.800. The number of piperidine rings is 1. The Morgan fingerprint density at radius 1 is 1.26 bits per heavy atom. The third-order valence-electron chi connectivity index (χ3n) is 6.10. The third kappa shape index (κ3) is 3.87. The summed E-state index contributed by atoms with van der Waals surface area (Å²) in [5, 5.41) is 15.8. The molecular formula is C23H26Cl2N4O2. The molecule has 31 heavy (non-hydrogen) atoms. The van der Waals surface area contributed by atoms with Gasteiger partial charge in [0.05, 0.1) is 16.1 Å². The topological polar surface area (TPSA) is 70.7 Å². The highest BCUT2D eigenvalue weighted by Crippen LogP contribution is 2.38. The molecular weight excluding hydrogens is 435 g/mol. The molecule has 0 radical (unpaired) electrons. The molecule has 4 rings (SSSR count). The van der Waals surface area contributed by atoms with Crippen LogP contribution in [0.25, 0.3) is 16.9 Å². The van der Waals surface area contributed by atoms with E-state index in [-0.39, 0.29) is 5.92 Å². The molecule has 1 aliphatic heterocycles. The molecule has 1 saturated heterocycles. The van der Waals surface area contributed by atoms with Crippen LogP contribution in [0.1, 0.15) is 50.8 Å². The average Bonchev–Trinajstić information content (AvgIpc) is 3.09. The van der Waals surface area contributed by atoms with Gasteiger partial charge in [-0.3, -0.25) is 4.79 Å². The van der Waals surface area contributed by atoms with E-state index in [1.807, 2.05) is 30.5 Å². The number of fused-ring (bicyclic) bond motifs is 1. The lowest BCUT2D eigenvalue weighted by Gasteiger charge is -2.40. The van der Waals surface area contributed by atoms with Gasteiger partial charge in [0.2, 0.25) is 0 Å². The Morgan fingerprint density at radius 3 is 2.65 bits per heavy atom. The van der Waals surface area contributed by atoms with Gasteiger partial charge in [-0.05, 0) is 50.8 Å². The highest BCUT2D eigenvalue weighted by molar-refractivity contribution is 6.36. The predicted octanol–water partition coefficient (Wildman–Crippen LogP) is 5.83. The maximum Gasteiger partial charge on any atom is 0.311 e. The molecule has 1 atom stereocenters. The van der Waals surface area contributed by atoms with Crippen molar-refractivity contribution < 1.29 is 9.90 Å². The van der Waals surface area contributed by atoms with E-state index in [0.29, 0.717) is 34.4 Å². The SMILES string of the molecule is Cc1nc2cc(-c3ccc(Cl)cc3Cl)nn2c(N2CCC[C@](C)(C(=O)O)C2)c1C(C)C. The number of rotatable bonds is 4. The van der Waals surface area contributed by atoms with Crippen LogP contribution in [0.2, 0.25) is 10.0 Å². The van der Waals surface area contributed by atoms with Crippen molar-refractivity contribution in [3.63, 3.8) is 0 Å². The van der Waals surface area contributed by atoms with E-state index in [1.165, 1.54) is 0 Å². The normalized spacial score (nSPS) is 19.4.